The number of ether oxygens (including phenoxy) is 1. The molecule has 0 aromatic rings. The molecule has 0 aromatic heterocycles. The summed E-state index contributed by atoms with van der Waals surface area (Å²) < 4.78 is 5.04. The third-order valence-electron chi connectivity index (χ3n) is 1.13. The lowest BCUT2D eigenvalue weighted by atomic mass is 10.4. The standard InChI is InChI=1S/C6H14N4O3/c1-3-13-4-5(2)8-6(7)9-10(11)12/h5H,3-4H2,1-2H3,(H3,7,8,9). The van der Waals surface area contributed by atoms with Crippen molar-refractivity contribution in [1.82, 2.24) is 5.43 Å². The van der Waals surface area contributed by atoms with Crippen LogP contribution >= 0.6 is 0 Å². The topological polar surface area (TPSA) is 103 Å². The van der Waals surface area contributed by atoms with E-state index < -0.39 is 5.03 Å². The quantitative estimate of drug-likeness (QED) is 0.263. The van der Waals surface area contributed by atoms with Crippen LogP contribution in [0.2, 0.25) is 0 Å². The van der Waals surface area contributed by atoms with E-state index in [1.54, 1.807) is 12.3 Å². The fourth-order valence-corrected chi connectivity index (χ4v) is 0.686. The number of nitro groups is 1. The maximum absolute atomic E-state index is 9.91. The number of aliphatic imine (C=N–C) groups is 1. The van der Waals surface area contributed by atoms with Crippen LogP contribution < -0.4 is 11.2 Å². The molecule has 0 saturated carbocycles. The highest BCUT2D eigenvalue weighted by molar-refractivity contribution is 5.76. The van der Waals surface area contributed by atoms with Gasteiger partial charge in [-0.1, -0.05) is 5.43 Å². The first-order valence-electron chi connectivity index (χ1n) is 3.88. The fourth-order valence-electron chi connectivity index (χ4n) is 0.686. The normalized spacial score (nSPS) is 13.8. The van der Waals surface area contributed by atoms with Crippen molar-refractivity contribution in [3.8, 4) is 0 Å². The van der Waals surface area contributed by atoms with Crippen molar-refractivity contribution in [2.45, 2.75) is 19.9 Å². The Bertz CT molecular complexity index is 194. The zero-order valence-electron chi connectivity index (χ0n) is 7.69. The van der Waals surface area contributed by atoms with Gasteiger partial charge >= 0.3 is 0 Å². The zero-order chi connectivity index (χ0) is 10.3. The SMILES string of the molecule is CCOCC(C)N=C(N)N[N+](=O)[O-]. The van der Waals surface area contributed by atoms with Gasteiger partial charge in [-0.25, -0.2) is 15.1 Å². The van der Waals surface area contributed by atoms with Gasteiger partial charge in [-0.2, -0.15) is 0 Å². The Labute approximate surface area is 76.1 Å². The van der Waals surface area contributed by atoms with Crippen LogP contribution in [-0.2, 0) is 4.74 Å². The van der Waals surface area contributed by atoms with Gasteiger partial charge in [0.15, 0.2) is 5.03 Å². The van der Waals surface area contributed by atoms with E-state index in [2.05, 4.69) is 4.99 Å². The minimum absolute atomic E-state index is 0.188. The fraction of sp³-hybridized carbons (Fsp3) is 0.833. The Morgan fingerprint density at radius 2 is 2.46 bits per heavy atom. The Morgan fingerprint density at radius 1 is 1.85 bits per heavy atom. The number of nitrogens with zero attached hydrogens (tertiary/aromatic N) is 2. The molecule has 0 spiro atoms. The molecule has 13 heavy (non-hydrogen) atoms. The summed E-state index contributed by atoms with van der Waals surface area (Å²) in [6, 6.07) is -0.188. The molecule has 0 aromatic carbocycles. The Hall–Kier alpha value is -1.37. The summed E-state index contributed by atoms with van der Waals surface area (Å²) in [5.74, 6) is -0.211. The number of guanidine groups is 1. The van der Waals surface area contributed by atoms with Crippen LogP contribution in [0.4, 0.5) is 0 Å². The molecule has 0 aliphatic heterocycles. The van der Waals surface area contributed by atoms with Crippen LogP contribution in [0.25, 0.3) is 0 Å². The van der Waals surface area contributed by atoms with Crippen LogP contribution in [0.5, 0.6) is 0 Å². The highest BCUT2D eigenvalue weighted by Crippen LogP contribution is 1.89. The molecule has 0 aliphatic rings. The van der Waals surface area contributed by atoms with E-state index in [0.29, 0.717) is 13.2 Å². The number of hydrazine groups is 1. The molecule has 1 atom stereocenters. The van der Waals surface area contributed by atoms with Crippen molar-refractivity contribution < 1.29 is 9.77 Å². The second kappa shape index (κ2) is 6.18. The molecule has 0 aliphatic carbocycles. The van der Waals surface area contributed by atoms with Gasteiger partial charge in [0, 0.05) is 6.61 Å². The van der Waals surface area contributed by atoms with Crippen molar-refractivity contribution in [3.05, 3.63) is 10.1 Å². The van der Waals surface area contributed by atoms with Crippen molar-refractivity contribution in [1.29, 1.82) is 0 Å². The third-order valence-corrected chi connectivity index (χ3v) is 1.13. The summed E-state index contributed by atoms with van der Waals surface area (Å²) in [7, 11) is 0. The molecular formula is C6H14N4O3. The highest BCUT2D eigenvalue weighted by Gasteiger charge is 2.03. The largest absolute Gasteiger partial charge is 0.380 e. The lowest BCUT2D eigenvalue weighted by molar-refractivity contribution is -0.525. The summed E-state index contributed by atoms with van der Waals surface area (Å²) >= 11 is 0. The van der Waals surface area contributed by atoms with Gasteiger partial charge in [-0.3, -0.25) is 0 Å². The van der Waals surface area contributed by atoms with Crippen molar-refractivity contribution in [2.24, 2.45) is 10.7 Å². The van der Waals surface area contributed by atoms with Gasteiger partial charge in [0.1, 0.15) is 0 Å². The average Bonchev–Trinajstić information content (AvgIpc) is 1.98. The monoisotopic (exact) mass is 190 g/mol. The summed E-state index contributed by atoms with van der Waals surface area (Å²) in [6.45, 7) is 4.60. The third kappa shape index (κ3) is 7.01. The van der Waals surface area contributed by atoms with E-state index >= 15 is 0 Å². The van der Waals surface area contributed by atoms with Crippen molar-refractivity contribution in [2.75, 3.05) is 13.2 Å². The molecular weight excluding hydrogens is 176 g/mol. The smallest absolute Gasteiger partial charge is 0.251 e. The van der Waals surface area contributed by atoms with Gasteiger partial charge in [-0.15, -0.1) is 0 Å². The number of nitrogens with two attached hydrogens (primary N) is 1. The maximum atomic E-state index is 9.91. The molecule has 1 unspecified atom stereocenters. The van der Waals surface area contributed by atoms with E-state index in [-0.39, 0.29) is 12.0 Å². The average molecular weight is 190 g/mol. The first-order valence-corrected chi connectivity index (χ1v) is 3.88. The van der Waals surface area contributed by atoms with Gasteiger partial charge < -0.3 is 10.5 Å². The minimum atomic E-state index is -0.758. The zero-order valence-corrected chi connectivity index (χ0v) is 7.69. The lowest BCUT2D eigenvalue weighted by Gasteiger charge is -2.06. The Morgan fingerprint density at radius 3 is 2.92 bits per heavy atom. The Balaban J connectivity index is 3.83. The molecule has 0 amide bonds. The van der Waals surface area contributed by atoms with E-state index in [0.717, 1.165) is 0 Å². The molecule has 0 heterocycles. The number of hydrogen-bond donors (Lipinski definition) is 2. The second-order valence-corrected chi connectivity index (χ2v) is 2.39. The van der Waals surface area contributed by atoms with E-state index in [9.17, 15) is 10.1 Å². The van der Waals surface area contributed by atoms with Gasteiger partial charge in [0.05, 0.1) is 12.6 Å². The predicted octanol–water partition coefficient (Wildman–Crippen LogP) is -0.493. The molecule has 7 heteroatoms. The molecule has 76 valence electrons. The Kier molecular flexibility index (Phi) is 5.53. The maximum Gasteiger partial charge on any atom is 0.251 e. The molecule has 0 bridgehead atoms. The van der Waals surface area contributed by atoms with Crippen LogP contribution in [0.3, 0.4) is 0 Å². The highest BCUT2D eigenvalue weighted by atomic mass is 16.7. The second-order valence-electron chi connectivity index (χ2n) is 2.39. The summed E-state index contributed by atoms with van der Waals surface area (Å²) in [4.78, 5) is 13.7. The predicted molar refractivity (Wildman–Crippen MR) is 47.7 cm³/mol. The minimum Gasteiger partial charge on any atom is -0.380 e. The molecule has 3 N–H and O–H groups in total. The number of rotatable bonds is 5. The van der Waals surface area contributed by atoms with Crippen LogP contribution in [0.1, 0.15) is 13.8 Å². The van der Waals surface area contributed by atoms with Gasteiger partial charge in [-0.05, 0) is 13.8 Å². The first-order chi connectivity index (χ1) is 6.06. The summed E-state index contributed by atoms with van der Waals surface area (Å²) in [5, 5.41) is 9.15. The van der Waals surface area contributed by atoms with E-state index in [1.165, 1.54) is 0 Å². The van der Waals surface area contributed by atoms with Crippen molar-refractivity contribution in [3.63, 3.8) is 0 Å². The molecule has 0 fully saturated rings. The lowest BCUT2D eigenvalue weighted by Crippen LogP contribution is -2.37. The number of hydrogen-bond acceptors (Lipinski definition) is 4. The van der Waals surface area contributed by atoms with E-state index in [4.69, 9.17) is 10.5 Å². The molecule has 7 nitrogen and oxygen atoms in total. The van der Waals surface area contributed by atoms with Crippen LogP contribution in [-0.4, -0.2) is 30.2 Å². The van der Waals surface area contributed by atoms with Crippen molar-refractivity contribution >= 4 is 5.96 Å². The van der Waals surface area contributed by atoms with Gasteiger partial charge in [0.2, 0.25) is 0 Å². The van der Waals surface area contributed by atoms with Crippen LogP contribution in [0, 0.1) is 10.1 Å². The molecule has 0 rings (SSSR count). The van der Waals surface area contributed by atoms with Gasteiger partial charge in [0.25, 0.3) is 5.96 Å². The first kappa shape index (κ1) is 11.6. The molecule has 0 saturated heterocycles. The van der Waals surface area contributed by atoms with Crippen LogP contribution in [0.15, 0.2) is 4.99 Å². The summed E-state index contributed by atoms with van der Waals surface area (Å²) in [5.41, 5.74) is 6.93. The molecule has 0 radical (unpaired) electrons. The van der Waals surface area contributed by atoms with E-state index in [1.807, 2.05) is 6.92 Å². The summed E-state index contributed by atoms with van der Waals surface area (Å²) in [6.07, 6.45) is 0. The number of nitrogens with one attached hydrogen (secondary N) is 1.